The Hall–Kier alpha value is -2.17. The summed E-state index contributed by atoms with van der Waals surface area (Å²) in [5, 5.41) is 17.3. The van der Waals surface area contributed by atoms with Gasteiger partial charge in [0, 0.05) is 12.2 Å². The number of hydrogen-bond donors (Lipinski definition) is 0. The van der Waals surface area contributed by atoms with Crippen LogP contribution in [0.4, 0.5) is 4.39 Å². The number of halogens is 1. The third-order valence-electron chi connectivity index (χ3n) is 2.94. The first kappa shape index (κ1) is 13.3. The SMILES string of the molecule is N#CC(C#N)=Cc1ccc(COCC2CC2)c(F)c1. The molecule has 4 heteroatoms. The van der Waals surface area contributed by atoms with E-state index in [0.29, 0.717) is 23.7 Å². The molecule has 0 saturated heterocycles. The minimum atomic E-state index is -0.375. The van der Waals surface area contributed by atoms with Gasteiger partial charge >= 0.3 is 0 Å². The molecule has 1 fully saturated rings. The quantitative estimate of drug-likeness (QED) is 0.760. The van der Waals surface area contributed by atoms with Gasteiger partial charge in [0.05, 0.1) is 6.61 Å². The second kappa shape index (κ2) is 6.13. The molecule has 1 saturated carbocycles. The van der Waals surface area contributed by atoms with E-state index in [1.807, 2.05) is 0 Å². The van der Waals surface area contributed by atoms with Crippen molar-refractivity contribution in [1.29, 1.82) is 10.5 Å². The number of ether oxygens (including phenoxy) is 1. The van der Waals surface area contributed by atoms with E-state index in [1.54, 1.807) is 24.3 Å². The second-order valence-electron chi connectivity index (χ2n) is 4.59. The van der Waals surface area contributed by atoms with Crippen LogP contribution >= 0.6 is 0 Å². The van der Waals surface area contributed by atoms with Gasteiger partial charge in [-0.05, 0) is 36.5 Å². The van der Waals surface area contributed by atoms with Crippen molar-refractivity contribution in [2.24, 2.45) is 5.92 Å². The van der Waals surface area contributed by atoms with Crippen molar-refractivity contribution in [2.75, 3.05) is 6.61 Å². The molecule has 96 valence electrons. The predicted octanol–water partition coefficient (Wildman–Crippen LogP) is 3.18. The van der Waals surface area contributed by atoms with Crippen LogP contribution in [0, 0.1) is 34.4 Å². The zero-order chi connectivity index (χ0) is 13.7. The highest BCUT2D eigenvalue weighted by atomic mass is 19.1. The summed E-state index contributed by atoms with van der Waals surface area (Å²) < 4.78 is 19.2. The van der Waals surface area contributed by atoms with Crippen LogP contribution in [-0.2, 0) is 11.3 Å². The highest BCUT2D eigenvalue weighted by Gasteiger charge is 2.21. The number of benzene rings is 1. The van der Waals surface area contributed by atoms with Crippen LogP contribution in [-0.4, -0.2) is 6.61 Å². The van der Waals surface area contributed by atoms with E-state index in [1.165, 1.54) is 25.0 Å². The van der Waals surface area contributed by atoms with Crippen molar-refractivity contribution in [1.82, 2.24) is 0 Å². The largest absolute Gasteiger partial charge is 0.376 e. The average Bonchev–Trinajstić information content (AvgIpc) is 3.22. The van der Waals surface area contributed by atoms with Crippen LogP contribution in [0.25, 0.3) is 6.08 Å². The topological polar surface area (TPSA) is 56.8 Å². The van der Waals surface area contributed by atoms with Crippen molar-refractivity contribution in [2.45, 2.75) is 19.4 Å². The van der Waals surface area contributed by atoms with Gasteiger partial charge in [0.25, 0.3) is 0 Å². The molecule has 1 aromatic rings. The van der Waals surface area contributed by atoms with Gasteiger partial charge < -0.3 is 4.74 Å². The fourth-order valence-corrected chi connectivity index (χ4v) is 1.65. The summed E-state index contributed by atoms with van der Waals surface area (Å²) in [7, 11) is 0. The summed E-state index contributed by atoms with van der Waals surface area (Å²) in [6.07, 6.45) is 3.77. The van der Waals surface area contributed by atoms with Crippen molar-refractivity contribution in [3.63, 3.8) is 0 Å². The van der Waals surface area contributed by atoms with Crippen LogP contribution < -0.4 is 0 Å². The average molecular weight is 256 g/mol. The van der Waals surface area contributed by atoms with Crippen molar-refractivity contribution in [3.05, 3.63) is 40.7 Å². The van der Waals surface area contributed by atoms with E-state index in [9.17, 15) is 4.39 Å². The zero-order valence-corrected chi connectivity index (χ0v) is 10.4. The Morgan fingerprint density at radius 3 is 2.68 bits per heavy atom. The first-order chi connectivity index (χ1) is 9.22. The maximum absolute atomic E-state index is 13.8. The van der Waals surface area contributed by atoms with E-state index >= 15 is 0 Å². The van der Waals surface area contributed by atoms with Crippen LogP contribution in [0.5, 0.6) is 0 Å². The summed E-state index contributed by atoms with van der Waals surface area (Å²) in [4.78, 5) is 0. The summed E-state index contributed by atoms with van der Waals surface area (Å²) in [6, 6.07) is 8.09. The monoisotopic (exact) mass is 256 g/mol. The Bertz CT molecular complexity index is 561. The molecule has 0 amide bonds. The fraction of sp³-hybridized carbons (Fsp3) is 0.333. The number of rotatable bonds is 5. The molecule has 1 aliphatic rings. The van der Waals surface area contributed by atoms with Gasteiger partial charge in [0.2, 0.25) is 0 Å². The van der Waals surface area contributed by atoms with E-state index in [2.05, 4.69) is 0 Å². The van der Waals surface area contributed by atoms with Crippen molar-refractivity contribution >= 4 is 6.08 Å². The lowest BCUT2D eigenvalue weighted by Gasteiger charge is -2.05. The van der Waals surface area contributed by atoms with Crippen molar-refractivity contribution < 1.29 is 9.13 Å². The van der Waals surface area contributed by atoms with E-state index in [4.69, 9.17) is 15.3 Å². The Kier molecular flexibility index (Phi) is 4.28. The molecule has 0 atom stereocenters. The molecule has 0 bridgehead atoms. The summed E-state index contributed by atoms with van der Waals surface area (Å²) >= 11 is 0. The minimum Gasteiger partial charge on any atom is -0.376 e. The predicted molar refractivity (Wildman–Crippen MR) is 68.0 cm³/mol. The molecule has 0 aromatic heterocycles. The summed E-state index contributed by atoms with van der Waals surface area (Å²) in [6.45, 7) is 0.948. The molecule has 19 heavy (non-hydrogen) atoms. The molecule has 2 rings (SSSR count). The number of nitrogens with zero attached hydrogens (tertiary/aromatic N) is 2. The van der Waals surface area contributed by atoms with Gasteiger partial charge in [0.15, 0.2) is 0 Å². The fourth-order valence-electron chi connectivity index (χ4n) is 1.65. The zero-order valence-electron chi connectivity index (χ0n) is 10.4. The molecule has 0 aliphatic heterocycles. The van der Waals surface area contributed by atoms with Gasteiger partial charge in [-0.2, -0.15) is 10.5 Å². The highest BCUT2D eigenvalue weighted by molar-refractivity contribution is 5.62. The van der Waals surface area contributed by atoms with Crippen LogP contribution in [0.2, 0.25) is 0 Å². The summed E-state index contributed by atoms with van der Waals surface area (Å²) in [5.74, 6) is 0.277. The molecule has 0 N–H and O–H groups in total. The lowest BCUT2D eigenvalue weighted by atomic mass is 10.1. The summed E-state index contributed by atoms with van der Waals surface area (Å²) in [5.41, 5.74) is 0.951. The molecule has 1 aromatic carbocycles. The Morgan fingerprint density at radius 1 is 1.37 bits per heavy atom. The van der Waals surface area contributed by atoms with E-state index < -0.39 is 0 Å². The van der Waals surface area contributed by atoms with Gasteiger partial charge in [-0.15, -0.1) is 0 Å². The van der Waals surface area contributed by atoms with Gasteiger partial charge in [-0.3, -0.25) is 0 Å². The maximum atomic E-state index is 13.8. The van der Waals surface area contributed by atoms with Crippen LogP contribution in [0.15, 0.2) is 23.8 Å². The number of hydrogen-bond acceptors (Lipinski definition) is 3. The molecule has 0 unspecified atom stereocenters. The van der Waals surface area contributed by atoms with Crippen molar-refractivity contribution in [3.8, 4) is 12.1 Å². The van der Waals surface area contributed by atoms with Crippen LogP contribution in [0.3, 0.4) is 0 Å². The lowest BCUT2D eigenvalue weighted by molar-refractivity contribution is 0.109. The first-order valence-corrected chi connectivity index (χ1v) is 6.11. The maximum Gasteiger partial charge on any atom is 0.130 e. The Morgan fingerprint density at radius 2 is 2.11 bits per heavy atom. The lowest BCUT2D eigenvalue weighted by Crippen LogP contribution is -1.99. The van der Waals surface area contributed by atoms with Gasteiger partial charge in [-0.1, -0.05) is 12.1 Å². The Balaban J connectivity index is 2.02. The van der Waals surface area contributed by atoms with Crippen LogP contribution in [0.1, 0.15) is 24.0 Å². The van der Waals surface area contributed by atoms with Gasteiger partial charge in [-0.25, -0.2) is 4.39 Å². The molecular formula is C15H13FN2O. The second-order valence-corrected chi connectivity index (χ2v) is 4.59. The molecular weight excluding hydrogens is 243 g/mol. The Labute approximate surface area is 111 Å². The molecule has 0 spiro atoms. The third kappa shape index (κ3) is 3.91. The smallest absolute Gasteiger partial charge is 0.130 e. The third-order valence-corrected chi connectivity index (χ3v) is 2.94. The molecule has 1 aliphatic carbocycles. The normalized spacial score (nSPS) is 13.4. The van der Waals surface area contributed by atoms with E-state index in [-0.39, 0.29) is 18.0 Å². The van der Waals surface area contributed by atoms with E-state index in [0.717, 1.165) is 0 Å². The van der Waals surface area contributed by atoms with Gasteiger partial charge in [0.1, 0.15) is 23.5 Å². The molecule has 0 radical (unpaired) electrons. The minimum absolute atomic E-state index is 0.0443. The molecule has 3 nitrogen and oxygen atoms in total. The standard InChI is InChI=1S/C15H13FN2O/c16-15-6-12(5-13(7-17)8-18)3-4-14(15)10-19-9-11-1-2-11/h3-6,11H,1-2,9-10H2. The highest BCUT2D eigenvalue weighted by Crippen LogP contribution is 2.29. The number of allylic oxidation sites excluding steroid dienone is 1. The first-order valence-electron chi connectivity index (χ1n) is 6.11. The number of nitriles is 2. The molecule has 0 heterocycles.